The first-order chi connectivity index (χ1) is 13.5. The van der Waals surface area contributed by atoms with Gasteiger partial charge in [0.15, 0.2) is 11.5 Å². The van der Waals surface area contributed by atoms with Gasteiger partial charge in [-0.1, -0.05) is 12.1 Å². The molecule has 0 fully saturated rings. The number of rotatable bonds is 8. The highest BCUT2D eigenvalue weighted by atomic mass is 16.6. The molecule has 2 aromatic carbocycles. The lowest BCUT2D eigenvalue weighted by Gasteiger charge is -2.27. The second kappa shape index (κ2) is 8.95. The Labute approximate surface area is 163 Å². The number of aliphatic hydroxyl groups is 1. The van der Waals surface area contributed by atoms with E-state index < -0.39 is 12.1 Å². The predicted octanol–water partition coefficient (Wildman–Crippen LogP) is 2.55. The number of nitrogens with one attached hydrogen (secondary N) is 1. The number of benzene rings is 2. The van der Waals surface area contributed by atoms with Gasteiger partial charge in [-0.2, -0.15) is 0 Å². The summed E-state index contributed by atoms with van der Waals surface area (Å²) in [7, 11) is 0. The Balaban J connectivity index is 1.54. The molecule has 7 nitrogen and oxygen atoms in total. The lowest BCUT2D eigenvalue weighted by atomic mass is 10.0. The zero-order chi connectivity index (χ0) is 20.1. The minimum atomic E-state index is -1.09. The number of carbonyl (C=O) groups is 1. The number of aryl methyl sites for hydroxylation is 1. The topological polar surface area (TPSA) is 97.3 Å². The molecule has 0 amide bonds. The number of hydrogen-bond acceptors (Lipinski definition) is 6. The van der Waals surface area contributed by atoms with Gasteiger partial charge in [0.25, 0.3) is 0 Å². The summed E-state index contributed by atoms with van der Waals surface area (Å²) < 4.78 is 17.0. The molecule has 2 unspecified atom stereocenters. The van der Waals surface area contributed by atoms with E-state index in [0.717, 1.165) is 11.3 Å². The molecule has 7 heteroatoms. The molecule has 0 aliphatic carbocycles. The lowest BCUT2D eigenvalue weighted by Crippen LogP contribution is -2.39. The van der Waals surface area contributed by atoms with Gasteiger partial charge in [-0.25, -0.2) is 4.79 Å². The van der Waals surface area contributed by atoms with Crippen molar-refractivity contribution in [3.05, 3.63) is 53.1 Å². The number of ether oxygens (including phenoxy) is 3. The molecule has 0 saturated carbocycles. The number of carboxylic acids is 1. The highest BCUT2D eigenvalue weighted by Crippen LogP contribution is 2.32. The molecule has 2 atom stereocenters. The lowest BCUT2D eigenvalue weighted by molar-refractivity contribution is 0.0692. The van der Waals surface area contributed by atoms with Crippen molar-refractivity contribution < 1.29 is 29.2 Å². The zero-order valence-electron chi connectivity index (χ0n) is 16.0. The van der Waals surface area contributed by atoms with Crippen LogP contribution in [0.1, 0.15) is 34.5 Å². The predicted molar refractivity (Wildman–Crippen MR) is 103 cm³/mol. The molecule has 28 heavy (non-hydrogen) atoms. The van der Waals surface area contributed by atoms with Crippen molar-refractivity contribution in [1.29, 1.82) is 0 Å². The molecule has 150 valence electrons. The van der Waals surface area contributed by atoms with E-state index in [9.17, 15) is 15.0 Å². The largest absolute Gasteiger partial charge is 0.493 e. The summed E-state index contributed by atoms with van der Waals surface area (Å²) in [5, 5.41) is 22.9. The van der Waals surface area contributed by atoms with Crippen LogP contribution in [0.4, 0.5) is 0 Å². The Morgan fingerprint density at radius 2 is 2.11 bits per heavy atom. The van der Waals surface area contributed by atoms with Crippen LogP contribution in [-0.4, -0.2) is 48.6 Å². The van der Waals surface area contributed by atoms with Crippen LogP contribution in [0.25, 0.3) is 0 Å². The van der Waals surface area contributed by atoms with E-state index in [4.69, 9.17) is 14.2 Å². The van der Waals surface area contributed by atoms with Crippen LogP contribution in [-0.2, 0) is 0 Å². The summed E-state index contributed by atoms with van der Waals surface area (Å²) in [4.78, 5) is 11.4. The van der Waals surface area contributed by atoms with E-state index in [1.165, 1.54) is 6.07 Å². The third-order valence-corrected chi connectivity index (χ3v) is 4.45. The van der Waals surface area contributed by atoms with Gasteiger partial charge in [0, 0.05) is 13.1 Å². The van der Waals surface area contributed by atoms with E-state index in [1.54, 1.807) is 19.1 Å². The van der Waals surface area contributed by atoms with E-state index in [-0.39, 0.29) is 18.2 Å². The molecule has 3 N–H and O–H groups in total. The number of fused-ring (bicyclic) bond motifs is 1. The molecule has 0 spiro atoms. The van der Waals surface area contributed by atoms with Crippen molar-refractivity contribution in [1.82, 2.24) is 5.32 Å². The Bertz CT molecular complexity index is 838. The number of hydrogen-bond donors (Lipinski definition) is 3. The Morgan fingerprint density at radius 1 is 1.29 bits per heavy atom. The van der Waals surface area contributed by atoms with Crippen LogP contribution in [0.2, 0.25) is 0 Å². The first-order valence-electron chi connectivity index (χ1n) is 9.27. The molecule has 2 aromatic rings. The van der Waals surface area contributed by atoms with Crippen molar-refractivity contribution in [3.8, 4) is 17.2 Å². The molecule has 0 radical (unpaired) electrons. The number of aromatic carboxylic acids is 1. The highest BCUT2D eigenvalue weighted by Gasteiger charge is 2.21. The third kappa shape index (κ3) is 4.74. The minimum Gasteiger partial charge on any atom is -0.493 e. The average molecular weight is 387 g/mol. The van der Waals surface area contributed by atoms with Gasteiger partial charge >= 0.3 is 5.97 Å². The summed E-state index contributed by atoms with van der Waals surface area (Å²) >= 11 is 0. The van der Waals surface area contributed by atoms with Crippen molar-refractivity contribution in [2.24, 2.45) is 0 Å². The van der Waals surface area contributed by atoms with Crippen LogP contribution >= 0.6 is 0 Å². The quantitative estimate of drug-likeness (QED) is 0.640. The number of aliphatic hydroxyl groups excluding tert-OH is 1. The van der Waals surface area contributed by atoms with E-state index in [2.05, 4.69) is 5.32 Å². The van der Waals surface area contributed by atoms with E-state index in [1.807, 2.05) is 25.1 Å². The molecular weight excluding hydrogens is 362 g/mol. The van der Waals surface area contributed by atoms with Gasteiger partial charge in [0.05, 0.1) is 12.7 Å². The second-order valence-electron chi connectivity index (χ2n) is 6.67. The van der Waals surface area contributed by atoms with Crippen molar-refractivity contribution in [3.63, 3.8) is 0 Å². The van der Waals surface area contributed by atoms with Crippen LogP contribution in [0, 0.1) is 6.92 Å². The van der Waals surface area contributed by atoms with E-state index >= 15 is 0 Å². The summed E-state index contributed by atoms with van der Waals surface area (Å²) in [5.41, 5.74) is 1.66. The van der Waals surface area contributed by atoms with Crippen molar-refractivity contribution in [2.45, 2.75) is 26.1 Å². The summed E-state index contributed by atoms with van der Waals surface area (Å²) in [6.45, 7) is 5.33. The molecular formula is C21H25NO6. The monoisotopic (exact) mass is 387 g/mol. The molecule has 0 bridgehead atoms. The maximum atomic E-state index is 11.4. The fourth-order valence-electron chi connectivity index (χ4n) is 3.02. The Kier molecular flexibility index (Phi) is 6.38. The van der Waals surface area contributed by atoms with Gasteiger partial charge in [0.2, 0.25) is 0 Å². The maximum Gasteiger partial charge on any atom is 0.339 e. The van der Waals surface area contributed by atoms with Gasteiger partial charge in [-0.05, 0) is 49.2 Å². The Morgan fingerprint density at radius 3 is 2.86 bits per heavy atom. The van der Waals surface area contributed by atoms with E-state index in [0.29, 0.717) is 36.8 Å². The third-order valence-electron chi connectivity index (χ3n) is 4.45. The van der Waals surface area contributed by atoms with Crippen molar-refractivity contribution in [2.75, 3.05) is 26.3 Å². The highest BCUT2D eigenvalue weighted by molar-refractivity contribution is 5.91. The van der Waals surface area contributed by atoms with Gasteiger partial charge in [-0.3, -0.25) is 0 Å². The van der Waals surface area contributed by atoms with Gasteiger partial charge in [0.1, 0.15) is 24.0 Å². The van der Waals surface area contributed by atoms with Gasteiger partial charge < -0.3 is 29.7 Å². The summed E-state index contributed by atoms with van der Waals surface area (Å²) in [6, 6.07) is 10.5. The molecule has 0 aromatic heterocycles. The SMILES string of the molecule is CCOc1ccc(C(O)CNCC2COc3cc(C)ccc3O2)cc1C(=O)O. The van der Waals surface area contributed by atoms with Crippen LogP contribution < -0.4 is 19.5 Å². The minimum absolute atomic E-state index is 0.0364. The second-order valence-corrected chi connectivity index (χ2v) is 6.67. The fraction of sp³-hybridized carbons (Fsp3) is 0.381. The van der Waals surface area contributed by atoms with Gasteiger partial charge in [-0.15, -0.1) is 0 Å². The molecule has 3 rings (SSSR count). The smallest absolute Gasteiger partial charge is 0.339 e. The summed E-state index contributed by atoms with van der Waals surface area (Å²) in [5.74, 6) is 0.654. The maximum absolute atomic E-state index is 11.4. The van der Waals surface area contributed by atoms with Crippen LogP contribution in [0.15, 0.2) is 36.4 Å². The molecule has 1 aliphatic heterocycles. The Hall–Kier alpha value is -2.77. The van der Waals surface area contributed by atoms with Crippen molar-refractivity contribution >= 4 is 5.97 Å². The molecule has 1 heterocycles. The average Bonchev–Trinajstić information content (AvgIpc) is 2.68. The first kappa shape index (κ1) is 20.0. The zero-order valence-corrected chi connectivity index (χ0v) is 16.0. The van der Waals surface area contributed by atoms with Crippen LogP contribution in [0.3, 0.4) is 0 Å². The first-order valence-corrected chi connectivity index (χ1v) is 9.27. The van der Waals surface area contributed by atoms with Crippen LogP contribution in [0.5, 0.6) is 17.2 Å². The standard InChI is InChI=1S/C21H25NO6/c1-3-26-18-7-5-14(9-16(18)21(24)25)17(23)11-22-10-15-12-27-20-8-13(2)4-6-19(20)28-15/h4-9,15,17,22-23H,3,10-12H2,1-2H3,(H,24,25). The summed E-state index contributed by atoms with van der Waals surface area (Å²) in [6.07, 6.45) is -1.02. The molecule has 1 aliphatic rings. The molecule has 0 saturated heterocycles. The normalized spacial score (nSPS) is 16.5. The fourth-order valence-corrected chi connectivity index (χ4v) is 3.02. The number of carboxylic acid groups (broad SMARTS) is 1.